The van der Waals surface area contributed by atoms with E-state index in [1.165, 1.54) is 12.8 Å². The molecule has 0 N–H and O–H groups in total. The molecule has 114 valence electrons. The van der Waals surface area contributed by atoms with Crippen molar-refractivity contribution in [3.63, 3.8) is 0 Å². The van der Waals surface area contributed by atoms with Gasteiger partial charge in [-0.2, -0.15) is 0 Å². The Bertz CT molecular complexity index is 543. The summed E-state index contributed by atoms with van der Waals surface area (Å²) in [6, 6.07) is 0. The summed E-state index contributed by atoms with van der Waals surface area (Å²) in [6.45, 7) is 15.4. The standard InChI is InChI=1S/C16H24Si2.2ClH.Ti/c1-13-9-7-11-15(13)17(3,4)18(5,6)16-12-8-10-14(16)2;;;/h9-10H,7-8H2,1-6H3;2*1H;/q;;;+2/p-2. The molecule has 0 amide bonds. The zero-order chi connectivity index (χ0) is 14.0. The summed E-state index contributed by atoms with van der Waals surface area (Å²) >= 11 is -0.00273. The quantitative estimate of drug-likeness (QED) is 0.459. The van der Waals surface area contributed by atoms with E-state index in [1.807, 2.05) is 18.1 Å². The first-order chi connectivity index (χ1) is 8.76. The van der Waals surface area contributed by atoms with Crippen LogP contribution in [0.2, 0.25) is 26.2 Å². The third-order valence-electron chi connectivity index (χ3n) is 5.73. The van der Waals surface area contributed by atoms with E-state index in [0.29, 0.717) is 0 Å². The summed E-state index contributed by atoms with van der Waals surface area (Å²) in [4.78, 5) is 0. The van der Waals surface area contributed by atoms with Crippen molar-refractivity contribution in [1.29, 1.82) is 0 Å². The third kappa shape index (κ3) is 2.70. The van der Waals surface area contributed by atoms with Crippen LogP contribution >= 0.6 is 0 Å². The van der Waals surface area contributed by atoms with Crippen LogP contribution in [0.1, 0.15) is 26.7 Å². The topological polar surface area (TPSA) is 0 Å². The Morgan fingerprint density at radius 1 is 0.762 bits per heavy atom. The molecule has 2 aliphatic carbocycles. The maximum Gasteiger partial charge on any atom is -1.00 e. The van der Waals surface area contributed by atoms with Crippen molar-refractivity contribution in [3.8, 4) is 0 Å². The molecule has 0 atom stereocenters. The Kier molecular flexibility index (Phi) is 5.92. The van der Waals surface area contributed by atoms with Gasteiger partial charge in [0.05, 0.1) is 0 Å². The third-order valence-corrected chi connectivity index (χ3v) is 26.8. The molecule has 0 bridgehead atoms. The monoisotopic (exact) mass is 390 g/mol. The average molecular weight is 391 g/mol. The Labute approximate surface area is 152 Å². The van der Waals surface area contributed by atoms with Gasteiger partial charge in [0.25, 0.3) is 0 Å². The van der Waals surface area contributed by atoms with Crippen LogP contribution < -0.4 is 24.8 Å². The van der Waals surface area contributed by atoms with Crippen molar-refractivity contribution in [2.45, 2.75) is 52.9 Å². The van der Waals surface area contributed by atoms with E-state index in [-0.39, 0.29) is 44.0 Å². The molecule has 0 spiro atoms. The minimum atomic E-state index is -1.31. The van der Waals surface area contributed by atoms with Crippen molar-refractivity contribution in [2.24, 2.45) is 0 Å². The molecule has 0 unspecified atom stereocenters. The van der Waals surface area contributed by atoms with Gasteiger partial charge in [-0.15, -0.1) is 0 Å². The van der Waals surface area contributed by atoms with Crippen LogP contribution in [-0.4, -0.2) is 15.2 Å². The molecule has 0 radical (unpaired) electrons. The van der Waals surface area contributed by atoms with Gasteiger partial charge in [-0.05, 0) is 0 Å². The van der Waals surface area contributed by atoms with Gasteiger partial charge in [-0.3, -0.25) is 0 Å². The Balaban J connectivity index is 0.00000110. The molecule has 1 heterocycles. The summed E-state index contributed by atoms with van der Waals surface area (Å²) in [5.74, 6) is 0. The number of hydrogen-bond donors (Lipinski definition) is 0. The van der Waals surface area contributed by atoms with Crippen LogP contribution in [0.5, 0.6) is 0 Å². The molecule has 0 aromatic rings. The predicted octanol–water partition coefficient (Wildman–Crippen LogP) is -1.13. The summed E-state index contributed by atoms with van der Waals surface area (Å²) in [5.41, 5.74) is 3.30. The van der Waals surface area contributed by atoms with E-state index in [2.05, 4.69) is 52.2 Å². The first kappa shape index (κ1) is 19.7. The van der Waals surface area contributed by atoms with E-state index in [0.717, 1.165) is 0 Å². The molecular weight excluding hydrogens is 367 g/mol. The Hall–Kier alpha value is 0.688. The minimum absolute atomic E-state index is 0. The van der Waals surface area contributed by atoms with Crippen LogP contribution in [0.15, 0.2) is 41.4 Å². The SMILES string of the molecule is CC1=CC[C]2=C1[Si](C)(C)[Si](C)(C)C1=[C](CC=C1C)[Ti+2]2.[Cl-].[Cl-]. The molecule has 3 rings (SSSR count). The smallest absolute Gasteiger partial charge is 1.00 e. The van der Waals surface area contributed by atoms with Crippen molar-refractivity contribution >= 4 is 15.2 Å². The molecule has 0 saturated heterocycles. The van der Waals surface area contributed by atoms with Gasteiger partial charge in [0.15, 0.2) is 0 Å². The van der Waals surface area contributed by atoms with E-state index in [1.54, 1.807) is 11.1 Å². The molecule has 3 aliphatic rings. The van der Waals surface area contributed by atoms with Crippen LogP contribution in [0.3, 0.4) is 0 Å². The zero-order valence-corrected chi connectivity index (χ0v) is 18.9. The number of halogens is 2. The summed E-state index contributed by atoms with van der Waals surface area (Å²) in [6.07, 6.45) is 7.62. The molecule has 1 aliphatic heterocycles. The summed E-state index contributed by atoms with van der Waals surface area (Å²) in [5, 5.41) is 3.82. The second kappa shape index (κ2) is 6.30. The maximum absolute atomic E-state index is 2.67. The molecule has 0 aromatic heterocycles. The molecular formula is C16H24Cl2Si2Ti. The van der Waals surface area contributed by atoms with E-state index >= 15 is 0 Å². The van der Waals surface area contributed by atoms with Crippen LogP contribution in [-0.2, 0) is 19.2 Å². The van der Waals surface area contributed by atoms with Gasteiger partial charge in [-0.25, -0.2) is 0 Å². The number of hydrogen-bond acceptors (Lipinski definition) is 0. The van der Waals surface area contributed by atoms with Gasteiger partial charge < -0.3 is 24.8 Å². The molecule has 0 aromatic carbocycles. The fourth-order valence-corrected chi connectivity index (χ4v) is 22.0. The minimum Gasteiger partial charge on any atom is -1.00 e. The number of allylic oxidation sites excluding steroid dienone is 8. The molecule has 0 fully saturated rings. The predicted molar refractivity (Wildman–Crippen MR) is 85.8 cm³/mol. The summed E-state index contributed by atoms with van der Waals surface area (Å²) < 4.78 is 3.81. The van der Waals surface area contributed by atoms with Gasteiger partial charge in [-0.1, -0.05) is 0 Å². The van der Waals surface area contributed by atoms with Crippen molar-refractivity contribution < 1.29 is 44.0 Å². The Morgan fingerprint density at radius 2 is 1.10 bits per heavy atom. The zero-order valence-electron chi connectivity index (χ0n) is 13.8. The van der Waals surface area contributed by atoms with Gasteiger partial charge in [0.2, 0.25) is 0 Å². The first-order valence-corrected chi connectivity index (χ1v) is 15.9. The van der Waals surface area contributed by atoms with E-state index in [4.69, 9.17) is 0 Å². The van der Waals surface area contributed by atoms with Crippen LogP contribution in [0.4, 0.5) is 0 Å². The molecule has 21 heavy (non-hydrogen) atoms. The number of rotatable bonds is 0. The second-order valence-corrected chi connectivity index (χ2v) is 24.5. The van der Waals surface area contributed by atoms with Gasteiger partial charge in [0.1, 0.15) is 0 Å². The molecule has 0 nitrogen and oxygen atoms in total. The normalized spacial score (nSPS) is 24.5. The molecule has 0 saturated carbocycles. The van der Waals surface area contributed by atoms with Crippen molar-refractivity contribution in [3.05, 3.63) is 41.4 Å². The first-order valence-electron chi connectivity index (χ1n) is 7.35. The Morgan fingerprint density at radius 3 is 1.43 bits per heavy atom. The van der Waals surface area contributed by atoms with Crippen LogP contribution in [0.25, 0.3) is 0 Å². The molecule has 5 heteroatoms. The average Bonchev–Trinajstić information content (AvgIpc) is 2.81. The van der Waals surface area contributed by atoms with E-state index in [9.17, 15) is 0 Å². The van der Waals surface area contributed by atoms with Gasteiger partial charge in [0, 0.05) is 0 Å². The fraction of sp³-hybridized carbons (Fsp3) is 0.500. The second-order valence-electron chi connectivity index (χ2n) is 7.26. The van der Waals surface area contributed by atoms with Crippen molar-refractivity contribution in [2.75, 3.05) is 0 Å². The maximum atomic E-state index is 2.67. The van der Waals surface area contributed by atoms with Crippen LogP contribution in [0, 0.1) is 0 Å². The summed E-state index contributed by atoms with van der Waals surface area (Å²) in [7, 11) is -2.61. The largest absolute Gasteiger partial charge is 1.00 e. The van der Waals surface area contributed by atoms with Crippen molar-refractivity contribution in [1.82, 2.24) is 0 Å². The fourth-order valence-electron chi connectivity index (χ4n) is 4.17. The van der Waals surface area contributed by atoms with E-state index < -0.39 is 15.2 Å². The van der Waals surface area contributed by atoms with Gasteiger partial charge >= 0.3 is 129 Å².